The Morgan fingerprint density at radius 1 is 1.04 bits per heavy atom. The van der Waals surface area contributed by atoms with Crippen LogP contribution in [0.15, 0.2) is 42.5 Å². The van der Waals surface area contributed by atoms with Crippen LogP contribution in [0.2, 0.25) is 0 Å². The molecule has 1 aliphatic heterocycles. The molecule has 6 heteroatoms. The number of fused-ring (bicyclic) bond motifs is 1. The first-order valence-electron chi connectivity index (χ1n) is 8.77. The molecule has 0 spiro atoms. The maximum Gasteiger partial charge on any atom is 0.335 e. The van der Waals surface area contributed by atoms with Gasteiger partial charge in [0.1, 0.15) is 13.2 Å². The standard InChI is InChI=1S/C21H23NO5/c1-21(2,16-8-9-17-18(12-16)27-11-10-26-17)20(25)22(3)13-14-4-6-15(7-5-14)19(23)24/h4-9,12H,10-11,13H2,1-3H3,(H,23,24). The number of nitrogens with zero attached hydrogens (tertiary/aromatic N) is 1. The molecule has 0 bridgehead atoms. The van der Waals surface area contributed by atoms with Gasteiger partial charge < -0.3 is 19.5 Å². The Labute approximate surface area is 158 Å². The lowest BCUT2D eigenvalue weighted by molar-refractivity contribution is -0.135. The molecule has 3 rings (SSSR count). The second-order valence-electron chi connectivity index (χ2n) is 7.15. The fourth-order valence-electron chi connectivity index (χ4n) is 3.13. The highest BCUT2D eigenvalue weighted by Crippen LogP contribution is 2.36. The number of likely N-dealkylation sites (N-methyl/N-ethyl adjacent to an activating group) is 1. The van der Waals surface area contributed by atoms with E-state index in [1.807, 2.05) is 32.0 Å². The minimum atomic E-state index is -0.967. The van der Waals surface area contributed by atoms with Crippen LogP contribution in [-0.4, -0.2) is 42.1 Å². The molecule has 27 heavy (non-hydrogen) atoms. The lowest BCUT2D eigenvalue weighted by atomic mass is 9.83. The number of carbonyl (C=O) groups excluding carboxylic acids is 1. The number of aromatic carboxylic acids is 1. The lowest BCUT2D eigenvalue weighted by Crippen LogP contribution is -2.41. The van der Waals surface area contributed by atoms with E-state index >= 15 is 0 Å². The summed E-state index contributed by atoms with van der Waals surface area (Å²) >= 11 is 0. The Bertz CT molecular complexity index is 857. The molecule has 0 saturated carbocycles. The van der Waals surface area contributed by atoms with Crippen LogP contribution in [-0.2, 0) is 16.8 Å². The summed E-state index contributed by atoms with van der Waals surface area (Å²) in [5.41, 5.74) is 1.20. The zero-order valence-electron chi connectivity index (χ0n) is 15.7. The molecule has 6 nitrogen and oxygen atoms in total. The largest absolute Gasteiger partial charge is 0.486 e. The van der Waals surface area contributed by atoms with Crippen LogP contribution in [0.5, 0.6) is 11.5 Å². The summed E-state index contributed by atoms with van der Waals surface area (Å²) in [6, 6.07) is 12.1. The molecule has 0 radical (unpaired) electrons. The van der Waals surface area contributed by atoms with Gasteiger partial charge in [0.05, 0.1) is 11.0 Å². The minimum absolute atomic E-state index is 0.0403. The number of hydrogen-bond acceptors (Lipinski definition) is 4. The van der Waals surface area contributed by atoms with Crippen LogP contribution in [0, 0.1) is 0 Å². The smallest absolute Gasteiger partial charge is 0.335 e. The molecule has 2 aromatic carbocycles. The van der Waals surface area contributed by atoms with E-state index in [1.165, 1.54) is 0 Å². The van der Waals surface area contributed by atoms with E-state index in [4.69, 9.17) is 14.6 Å². The van der Waals surface area contributed by atoms with E-state index in [-0.39, 0.29) is 11.5 Å². The Hall–Kier alpha value is -3.02. The Morgan fingerprint density at radius 2 is 1.67 bits per heavy atom. The minimum Gasteiger partial charge on any atom is -0.486 e. The van der Waals surface area contributed by atoms with Crippen LogP contribution in [0.1, 0.15) is 35.3 Å². The maximum absolute atomic E-state index is 13.1. The predicted molar refractivity (Wildman–Crippen MR) is 100 cm³/mol. The number of hydrogen-bond donors (Lipinski definition) is 1. The lowest BCUT2D eigenvalue weighted by Gasteiger charge is -2.31. The normalized spacial score (nSPS) is 13.1. The first-order valence-corrected chi connectivity index (χ1v) is 8.77. The third-order valence-electron chi connectivity index (χ3n) is 4.77. The number of benzene rings is 2. The van der Waals surface area contributed by atoms with Crippen molar-refractivity contribution in [2.24, 2.45) is 0 Å². The second kappa shape index (κ2) is 7.31. The molecule has 142 valence electrons. The van der Waals surface area contributed by atoms with Gasteiger partial charge in [-0.15, -0.1) is 0 Å². The third kappa shape index (κ3) is 3.89. The van der Waals surface area contributed by atoms with Crippen molar-refractivity contribution in [3.8, 4) is 11.5 Å². The number of carbonyl (C=O) groups is 2. The maximum atomic E-state index is 13.1. The van der Waals surface area contributed by atoms with Gasteiger partial charge in [-0.1, -0.05) is 18.2 Å². The molecule has 1 amide bonds. The van der Waals surface area contributed by atoms with Gasteiger partial charge in [-0.2, -0.15) is 0 Å². The van der Waals surface area contributed by atoms with Gasteiger partial charge in [0.2, 0.25) is 5.91 Å². The van der Waals surface area contributed by atoms with Crippen LogP contribution in [0.4, 0.5) is 0 Å². The van der Waals surface area contributed by atoms with Crippen molar-refractivity contribution in [2.75, 3.05) is 20.3 Å². The van der Waals surface area contributed by atoms with E-state index in [2.05, 4.69) is 0 Å². The first kappa shape index (κ1) is 18.8. The monoisotopic (exact) mass is 369 g/mol. The molecular formula is C21H23NO5. The molecule has 0 saturated heterocycles. The highest BCUT2D eigenvalue weighted by atomic mass is 16.6. The van der Waals surface area contributed by atoms with Crippen molar-refractivity contribution in [2.45, 2.75) is 25.8 Å². The summed E-state index contributed by atoms with van der Waals surface area (Å²) < 4.78 is 11.2. The molecule has 1 aliphatic rings. The van der Waals surface area contributed by atoms with E-state index < -0.39 is 11.4 Å². The number of carboxylic acid groups (broad SMARTS) is 1. The average Bonchev–Trinajstić information content (AvgIpc) is 2.67. The summed E-state index contributed by atoms with van der Waals surface area (Å²) in [6.07, 6.45) is 0. The molecular weight excluding hydrogens is 346 g/mol. The van der Waals surface area contributed by atoms with E-state index in [9.17, 15) is 9.59 Å². The van der Waals surface area contributed by atoms with Crippen LogP contribution >= 0.6 is 0 Å². The van der Waals surface area contributed by atoms with E-state index in [0.29, 0.717) is 31.3 Å². The van der Waals surface area contributed by atoms with Crippen molar-refractivity contribution >= 4 is 11.9 Å². The molecule has 1 N–H and O–H groups in total. The first-order chi connectivity index (χ1) is 12.8. The second-order valence-corrected chi connectivity index (χ2v) is 7.15. The summed E-state index contributed by atoms with van der Waals surface area (Å²) in [5, 5.41) is 8.98. The topological polar surface area (TPSA) is 76.1 Å². The average molecular weight is 369 g/mol. The zero-order chi connectivity index (χ0) is 19.6. The van der Waals surface area contributed by atoms with Gasteiger partial charge in [0.15, 0.2) is 11.5 Å². The fourth-order valence-corrected chi connectivity index (χ4v) is 3.13. The molecule has 2 aromatic rings. The highest BCUT2D eigenvalue weighted by molar-refractivity contribution is 5.88. The number of carboxylic acids is 1. The van der Waals surface area contributed by atoms with E-state index in [1.54, 1.807) is 36.2 Å². The van der Waals surface area contributed by atoms with Gasteiger partial charge in [0, 0.05) is 13.6 Å². The van der Waals surface area contributed by atoms with Gasteiger partial charge in [-0.25, -0.2) is 4.79 Å². The molecule has 0 aliphatic carbocycles. The summed E-state index contributed by atoms with van der Waals surface area (Å²) in [7, 11) is 1.74. The molecule has 1 heterocycles. The van der Waals surface area contributed by atoms with Gasteiger partial charge in [-0.3, -0.25) is 4.79 Å². The van der Waals surface area contributed by atoms with Crippen molar-refractivity contribution in [3.05, 3.63) is 59.2 Å². The Morgan fingerprint density at radius 3 is 2.30 bits per heavy atom. The van der Waals surface area contributed by atoms with Crippen molar-refractivity contribution in [1.29, 1.82) is 0 Å². The van der Waals surface area contributed by atoms with Crippen LogP contribution in [0.25, 0.3) is 0 Å². The Balaban J connectivity index is 1.75. The number of rotatable bonds is 5. The zero-order valence-corrected chi connectivity index (χ0v) is 15.7. The SMILES string of the molecule is CN(Cc1ccc(C(=O)O)cc1)C(=O)C(C)(C)c1ccc2c(c1)OCCO2. The highest BCUT2D eigenvalue weighted by Gasteiger charge is 2.33. The third-order valence-corrected chi connectivity index (χ3v) is 4.77. The van der Waals surface area contributed by atoms with Gasteiger partial charge >= 0.3 is 5.97 Å². The molecule has 0 atom stereocenters. The Kier molecular flexibility index (Phi) is 5.08. The molecule has 0 fully saturated rings. The quantitative estimate of drug-likeness (QED) is 0.876. The fraction of sp³-hybridized carbons (Fsp3) is 0.333. The summed E-state index contributed by atoms with van der Waals surface area (Å²) in [5.74, 6) is 0.346. The van der Waals surface area contributed by atoms with Gasteiger partial charge in [-0.05, 0) is 49.2 Å². The van der Waals surface area contributed by atoms with Crippen molar-refractivity contribution in [3.63, 3.8) is 0 Å². The molecule has 0 unspecified atom stereocenters. The van der Waals surface area contributed by atoms with Crippen molar-refractivity contribution in [1.82, 2.24) is 4.90 Å². The molecule has 0 aromatic heterocycles. The number of amides is 1. The number of ether oxygens (including phenoxy) is 2. The van der Waals surface area contributed by atoms with E-state index in [0.717, 1.165) is 11.1 Å². The summed E-state index contributed by atoms with van der Waals surface area (Å²) in [6.45, 7) is 5.18. The van der Waals surface area contributed by atoms with Crippen LogP contribution in [0.3, 0.4) is 0 Å². The van der Waals surface area contributed by atoms with Crippen molar-refractivity contribution < 1.29 is 24.2 Å². The summed E-state index contributed by atoms with van der Waals surface area (Å²) in [4.78, 5) is 25.7. The van der Waals surface area contributed by atoms with Crippen LogP contribution < -0.4 is 9.47 Å². The predicted octanol–water partition coefficient (Wildman–Crippen LogP) is 3.09. The van der Waals surface area contributed by atoms with Gasteiger partial charge in [0.25, 0.3) is 0 Å².